The monoisotopic (exact) mass is 436 g/mol. The zero-order valence-electron chi connectivity index (χ0n) is 15.3. The summed E-state index contributed by atoms with van der Waals surface area (Å²) < 4.78 is 5.29. The number of morpholine rings is 1. The lowest BCUT2D eigenvalue weighted by Crippen LogP contribution is -2.47. The molecule has 152 valence electrons. The second-order valence-electron chi connectivity index (χ2n) is 6.82. The molecule has 0 aliphatic carbocycles. The Morgan fingerprint density at radius 3 is 2.33 bits per heavy atom. The normalized spacial score (nSPS) is 19.0. The van der Waals surface area contributed by atoms with Gasteiger partial charge >= 0.3 is 0 Å². The highest BCUT2D eigenvalue weighted by Crippen LogP contribution is 2.28. The fourth-order valence-corrected chi connectivity index (χ4v) is 3.94. The van der Waals surface area contributed by atoms with Crippen LogP contribution < -0.4 is 5.73 Å². The third-order valence-electron chi connectivity index (χ3n) is 5.04. The third kappa shape index (κ3) is 6.38. The maximum Gasteiger partial charge on any atom is 0.224 e. The zero-order valence-corrected chi connectivity index (χ0v) is 17.7. The summed E-state index contributed by atoms with van der Waals surface area (Å²) in [5.74, 6) is 0.233. The SMILES string of the molecule is Cl.Nc1c(Cl)cc(Cl)cc1CN1CCN(CCC(=O)N2CCOCC2)CC1. The van der Waals surface area contributed by atoms with E-state index >= 15 is 0 Å². The lowest BCUT2D eigenvalue weighted by Gasteiger charge is -2.35. The summed E-state index contributed by atoms with van der Waals surface area (Å²) in [6.45, 7) is 8.08. The Morgan fingerprint density at radius 2 is 1.67 bits per heavy atom. The number of rotatable bonds is 5. The summed E-state index contributed by atoms with van der Waals surface area (Å²) in [5.41, 5.74) is 7.65. The minimum Gasteiger partial charge on any atom is -0.397 e. The van der Waals surface area contributed by atoms with E-state index in [9.17, 15) is 4.79 Å². The number of piperazine rings is 1. The van der Waals surface area contributed by atoms with Crippen molar-refractivity contribution in [1.82, 2.24) is 14.7 Å². The van der Waals surface area contributed by atoms with Crippen molar-refractivity contribution in [2.24, 2.45) is 0 Å². The Hall–Kier alpha value is -0.760. The Kier molecular flexibility index (Phi) is 8.92. The number of ether oxygens (including phenoxy) is 1. The average molecular weight is 438 g/mol. The molecule has 2 aliphatic rings. The lowest BCUT2D eigenvalue weighted by molar-refractivity contribution is -0.135. The van der Waals surface area contributed by atoms with Crippen molar-refractivity contribution < 1.29 is 9.53 Å². The van der Waals surface area contributed by atoms with Crippen LogP contribution in [0.2, 0.25) is 10.0 Å². The number of carbonyl (C=O) groups is 1. The number of nitrogens with zero attached hydrogens (tertiary/aromatic N) is 3. The first-order chi connectivity index (χ1) is 12.5. The quantitative estimate of drug-likeness (QED) is 0.717. The highest BCUT2D eigenvalue weighted by Gasteiger charge is 2.21. The molecule has 0 aromatic heterocycles. The van der Waals surface area contributed by atoms with Crippen LogP contribution in [0.15, 0.2) is 12.1 Å². The number of anilines is 1. The van der Waals surface area contributed by atoms with E-state index in [-0.39, 0.29) is 18.3 Å². The van der Waals surface area contributed by atoms with E-state index in [0.717, 1.165) is 57.9 Å². The number of hydrogen-bond acceptors (Lipinski definition) is 5. The van der Waals surface area contributed by atoms with Crippen LogP contribution >= 0.6 is 35.6 Å². The maximum absolute atomic E-state index is 12.2. The van der Waals surface area contributed by atoms with Gasteiger partial charge in [0, 0.05) is 63.8 Å². The number of halogens is 3. The van der Waals surface area contributed by atoms with Crippen molar-refractivity contribution in [2.45, 2.75) is 13.0 Å². The minimum atomic E-state index is 0. The molecule has 0 spiro atoms. The molecule has 2 heterocycles. The Morgan fingerprint density at radius 1 is 1.04 bits per heavy atom. The average Bonchev–Trinajstić information content (AvgIpc) is 2.65. The molecule has 0 unspecified atom stereocenters. The van der Waals surface area contributed by atoms with E-state index < -0.39 is 0 Å². The molecule has 1 amide bonds. The van der Waals surface area contributed by atoms with Crippen molar-refractivity contribution >= 4 is 47.2 Å². The van der Waals surface area contributed by atoms with E-state index in [4.69, 9.17) is 33.7 Å². The van der Waals surface area contributed by atoms with Gasteiger partial charge in [-0.15, -0.1) is 12.4 Å². The Balaban J connectivity index is 0.00000261. The number of nitrogen functional groups attached to an aromatic ring is 1. The molecule has 3 rings (SSSR count). The van der Waals surface area contributed by atoms with Crippen LogP contribution in [0.3, 0.4) is 0 Å². The van der Waals surface area contributed by atoms with Gasteiger partial charge in [0.1, 0.15) is 0 Å². The molecular formula is C18H27Cl3N4O2. The van der Waals surface area contributed by atoms with Gasteiger partial charge < -0.3 is 20.3 Å². The van der Waals surface area contributed by atoms with Gasteiger partial charge in [-0.25, -0.2) is 0 Å². The molecule has 1 aromatic carbocycles. The highest BCUT2D eigenvalue weighted by molar-refractivity contribution is 6.36. The van der Waals surface area contributed by atoms with Gasteiger partial charge in [-0.2, -0.15) is 0 Å². The number of carbonyl (C=O) groups excluding carboxylic acids is 1. The summed E-state index contributed by atoms with van der Waals surface area (Å²) in [4.78, 5) is 18.8. The molecule has 9 heteroatoms. The maximum atomic E-state index is 12.2. The molecule has 6 nitrogen and oxygen atoms in total. The van der Waals surface area contributed by atoms with Crippen molar-refractivity contribution in [3.05, 3.63) is 27.7 Å². The molecule has 2 aliphatic heterocycles. The zero-order chi connectivity index (χ0) is 18.5. The third-order valence-corrected chi connectivity index (χ3v) is 5.58. The summed E-state index contributed by atoms with van der Waals surface area (Å²) >= 11 is 12.2. The molecular weight excluding hydrogens is 411 g/mol. The fraction of sp³-hybridized carbons (Fsp3) is 0.611. The Labute approximate surface area is 176 Å². The number of benzene rings is 1. The van der Waals surface area contributed by atoms with Gasteiger partial charge in [-0.1, -0.05) is 23.2 Å². The molecule has 27 heavy (non-hydrogen) atoms. The number of amides is 1. The van der Waals surface area contributed by atoms with Gasteiger partial charge in [-0.05, 0) is 17.7 Å². The van der Waals surface area contributed by atoms with Crippen molar-refractivity contribution in [1.29, 1.82) is 0 Å². The van der Waals surface area contributed by atoms with Gasteiger partial charge in [0.05, 0.1) is 23.9 Å². The molecule has 2 N–H and O–H groups in total. The van der Waals surface area contributed by atoms with Crippen LogP contribution in [0.5, 0.6) is 0 Å². The molecule has 0 saturated carbocycles. The van der Waals surface area contributed by atoms with Crippen molar-refractivity contribution in [3.63, 3.8) is 0 Å². The number of nitrogens with two attached hydrogens (primary N) is 1. The summed E-state index contributed by atoms with van der Waals surface area (Å²) in [6.07, 6.45) is 0.580. The van der Waals surface area contributed by atoms with Crippen LogP contribution in [-0.2, 0) is 16.1 Å². The predicted octanol–water partition coefficient (Wildman–Crippen LogP) is 2.36. The standard InChI is InChI=1S/C18H26Cl2N4O2.ClH/c19-15-11-14(18(21)16(20)12-15)13-23-5-3-22(4-6-23)2-1-17(25)24-7-9-26-10-8-24;/h11-12H,1-10,13,21H2;1H. The molecule has 2 fully saturated rings. The van der Waals surface area contributed by atoms with Crippen molar-refractivity contribution in [2.75, 3.05) is 64.8 Å². The smallest absolute Gasteiger partial charge is 0.224 e. The molecule has 1 aromatic rings. The van der Waals surface area contributed by atoms with E-state index in [1.165, 1.54) is 0 Å². The summed E-state index contributed by atoms with van der Waals surface area (Å²) in [6, 6.07) is 3.56. The molecule has 0 atom stereocenters. The van der Waals surface area contributed by atoms with Crippen LogP contribution in [0.25, 0.3) is 0 Å². The van der Waals surface area contributed by atoms with Crippen molar-refractivity contribution in [3.8, 4) is 0 Å². The fourth-order valence-electron chi connectivity index (χ4n) is 3.41. The second kappa shape index (κ2) is 10.7. The first kappa shape index (κ1) is 22.5. The molecule has 0 bridgehead atoms. The topological polar surface area (TPSA) is 62.0 Å². The first-order valence-electron chi connectivity index (χ1n) is 9.06. The molecule has 2 saturated heterocycles. The number of hydrogen-bond donors (Lipinski definition) is 1. The second-order valence-corrected chi connectivity index (χ2v) is 7.66. The van der Waals surface area contributed by atoms with Crippen LogP contribution in [0.4, 0.5) is 5.69 Å². The van der Waals surface area contributed by atoms with Crippen LogP contribution in [0, 0.1) is 0 Å². The largest absolute Gasteiger partial charge is 0.397 e. The summed E-state index contributed by atoms with van der Waals surface area (Å²) in [5, 5.41) is 1.12. The minimum absolute atomic E-state index is 0. The lowest BCUT2D eigenvalue weighted by atomic mass is 10.1. The summed E-state index contributed by atoms with van der Waals surface area (Å²) in [7, 11) is 0. The van der Waals surface area contributed by atoms with Gasteiger partial charge in [0.15, 0.2) is 0 Å². The van der Waals surface area contributed by atoms with Crippen LogP contribution in [-0.4, -0.2) is 79.6 Å². The molecule has 0 radical (unpaired) electrons. The van der Waals surface area contributed by atoms with Crippen LogP contribution in [0.1, 0.15) is 12.0 Å². The van der Waals surface area contributed by atoms with Gasteiger partial charge in [0.25, 0.3) is 0 Å². The van der Waals surface area contributed by atoms with E-state index in [2.05, 4.69) is 9.80 Å². The first-order valence-corrected chi connectivity index (χ1v) is 9.82. The van der Waals surface area contributed by atoms with Gasteiger partial charge in [-0.3, -0.25) is 9.69 Å². The van der Waals surface area contributed by atoms with E-state index in [1.54, 1.807) is 6.07 Å². The Bertz CT molecular complexity index is 633. The predicted molar refractivity (Wildman–Crippen MR) is 112 cm³/mol. The van der Waals surface area contributed by atoms with Gasteiger partial charge in [0.2, 0.25) is 5.91 Å². The van der Waals surface area contributed by atoms with E-state index in [1.807, 2.05) is 11.0 Å². The van der Waals surface area contributed by atoms with E-state index in [0.29, 0.717) is 35.4 Å². The highest BCUT2D eigenvalue weighted by atomic mass is 35.5.